The first-order valence-electron chi connectivity index (χ1n) is 5.81. The average molecular weight is 365 g/mol. The van der Waals surface area contributed by atoms with Crippen molar-refractivity contribution in [2.45, 2.75) is 10.7 Å². The lowest BCUT2D eigenvalue weighted by Gasteiger charge is -2.08. The van der Waals surface area contributed by atoms with Crippen LogP contribution in [0.5, 0.6) is 11.5 Å². The fraction of sp³-hybridized carbons (Fsp3) is 0.0833. The summed E-state index contributed by atoms with van der Waals surface area (Å²) in [6.45, 7) is 0. The first kappa shape index (κ1) is 17.0. The van der Waals surface area contributed by atoms with E-state index in [1.54, 1.807) is 0 Å². The Morgan fingerprint density at radius 3 is 2.48 bits per heavy atom. The van der Waals surface area contributed by atoms with Gasteiger partial charge in [0.1, 0.15) is 10.9 Å². The van der Waals surface area contributed by atoms with Crippen LogP contribution in [-0.4, -0.2) is 24.1 Å². The summed E-state index contributed by atoms with van der Waals surface area (Å²) in [5, 5.41) is 11.2. The summed E-state index contributed by atoms with van der Waals surface area (Å²) in [5.74, 6) is -3.91. The van der Waals surface area contributed by atoms with Gasteiger partial charge in [0, 0.05) is 6.07 Å². The van der Waals surface area contributed by atoms with Crippen LogP contribution in [0.15, 0.2) is 41.4 Å². The molecule has 0 aliphatic carbocycles. The van der Waals surface area contributed by atoms with E-state index in [1.165, 1.54) is 18.3 Å². The third-order valence-corrected chi connectivity index (χ3v) is 4.22. The SMILES string of the molecule is O=[N+]([O-])c1cc(S(=O)(=O)C(F)F)ccc1Oc1ccc(Cl)nc1. The van der Waals surface area contributed by atoms with Crippen LogP contribution in [0.4, 0.5) is 14.5 Å². The molecule has 0 saturated heterocycles. The van der Waals surface area contributed by atoms with Gasteiger partial charge in [-0.15, -0.1) is 0 Å². The molecule has 0 bridgehead atoms. The molecule has 23 heavy (non-hydrogen) atoms. The summed E-state index contributed by atoms with van der Waals surface area (Å²) in [6, 6.07) is 4.98. The Labute approximate surface area is 133 Å². The molecule has 2 aromatic rings. The lowest BCUT2D eigenvalue weighted by atomic mass is 10.3. The van der Waals surface area contributed by atoms with Crippen molar-refractivity contribution in [1.29, 1.82) is 0 Å². The highest BCUT2D eigenvalue weighted by atomic mass is 35.5. The van der Waals surface area contributed by atoms with Crippen LogP contribution < -0.4 is 4.74 Å². The van der Waals surface area contributed by atoms with Crippen molar-refractivity contribution in [2.24, 2.45) is 0 Å². The van der Waals surface area contributed by atoms with Gasteiger partial charge in [0.25, 0.3) is 0 Å². The van der Waals surface area contributed by atoms with Gasteiger partial charge in [-0.1, -0.05) is 11.6 Å². The molecule has 0 atom stereocenters. The predicted octanol–water partition coefficient (Wildman–Crippen LogP) is 3.43. The largest absolute Gasteiger partial charge is 0.449 e. The molecule has 0 fully saturated rings. The second kappa shape index (κ2) is 6.42. The Balaban J connectivity index is 2.45. The Morgan fingerprint density at radius 2 is 1.96 bits per heavy atom. The highest BCUT2D eigenvalue weighted by Gasteiger charge is 2.29. The molecule has 1 heterocycles. The summed E-state index contributed by atoms with van der Waals surface area (Å²) in [6.07, 6.45) is 1.19. The zero-order chi connectivity index (χ0) is 17.2. The van der Waals surface area contributed by atoms with E-state index in [9.17, 15) is 27.3 Å². The molecule has 0 radical (unpaired) electrons. The number of rotatable bonds is 5. The van der Waals surface area contributed by atoms with Gasteiger partial charge in [0.2, 0.25) is 15.6 Å². The van der Waals surface area contributed by atoms with E-state index >= 15 is 0 Å². The zero-order valence-corrected chi connectivity index (χ0v) is 12.6. The van der Waals surface area contributed by atoms with Crippen LogP contribution in [-0.2, 0) is 9.84 Å². The molecule has 0 aliphatic heterocycles. The number of hydrogen-bond acceptors (Lipinski definition) is 6. The summed E-state index contributed by atoms with van der Waals surface area (Å²) >= 11 is 5.58. The molecule has 0 spiro atoms. The minimum absolute atomic E-state index is 0.0990. The first-order chi connectivity index (χ1) is 10.7. The number of nitrogens with zero attached hydrogens (tertiary/aromatic N) is 2. The molecule has 0 aliphatic rings. The number of pyridine rings is 1. The van der Waals surface area contributed by atoms with Gasteiger partial charge in [-0.05, 0) is 24.3 Å². The molecule has 11 heteroatoms. The lowest BCUT2D eigenvalue weighted by Crippen LogP contribution is -2.11. The molecule has 0 saturated carbocycles. The summed E-state index contributed by atoms with van der Waals surface area (Å²) < 4.78 is 53.0. The van der Waals surface area contributed by atoms with Gasteiger partial charge in [-0.25, -0.2) is 13.4 Å². The summed E-state index contributed by atoms with van der Waals surface area (Å²) in [5.41, 5.74) is -0.776. The first-order valence-corrected chi connectivity index (χ1v) is 7.74. The van der Waals surface area contributed by atoms with Gasteiger partial charge in [-0.3, -0.25) is 10.1 Å². The van der Waals surface area contributed by atoms with E-state index in [-0.39, 0.29) is 16.7 Å². The highest BCUT2D eigenvalue weighted by molar-refractivity contribution is 7.91. The number of benzene rings is 1. The predicted molar refractivity (Wildman–Crippen MR) is 75.6 cm³/mol. The number of nitro groups is 1. The van der Waals surface area contributed by atoms with Gasteiger partial charge < -0.3 is 4.74 Å². The maximum atomic E-state index is 12.5. The van der Waals surface area contributed by atoms with Crippen LogP contribution in [0.1, 0.15) is 0 Å². The minimum Gasteiger partial charge on any atom is -0.449 e. The maximum absolute atomic E-state index is 12.5. The average Bonchev–Trinajstić information content (AvgIpc) is 2.49. The van der Waals surface area contributed by atoms with Gasteiger partial charge >= 0.3 is 11.4 Å². The quantitative estimate of drug-likeness (QED) is 0.458. The second-order valence-corrected chi connectivity index (χ2v) is 6.42. The molecule has 0 N–H and O–H groups in total. The Bertz CT molecular complexity index is 843. The van der Waals surface area contributed by atoms with E-state index in [0.717, 1.165) is 12.1 Å². The monoisotopic (exact) mass is 364 g/mol. The van der Waals surface area contributed by atoms with Crippen molar-refractivity contribution in [1.82, 2.24) is 4.98 Å². The topological polar surface area (TPSA) is 99.4 Å². The highest BCUT2D eigenvalue weighted by Crippen LogP contribution is 2.34. The van der Waals surface area contributed by atoms with Crippen LogP contribution in [0.3, 0.4) is 0 Å². The van der Waals surface area contributed by atoms with E-state index in [4.69, 9.17) is 16.3 Å². The van der Waals surface area contributed by atoms with Gasteiger partial charge in [-0.2, -0.15) is 8.78 Å². The minimum atomic E-state index is -4.95. The fourth-order valence-electron chi connectivity index (χ4n) is 1.56. The molecule has 1 aromatic carbocycles. The van der Waals surface area contributed by atoms with Crippen LogP contribution >= 0.6 is 11.6 Å². The standard InChI is InChI=1S/C12H7ClF2N2O5S/c13-11-4-1-7(6-16-11)22-10-3-2-8(5-9(10)17(18)19)23(20,21)12(14)15/h1-6,12H. The maximum Gasteiger partial charge on any atom is 0.341 e. The Hall–Kier alpha value is -2.33. The number of aromatic nitrogens is 1. The van der Waals surface area contributed by atoms with Crippen molar-refractivity contribution in [3.8, 4) is 11.5 Å². The van der Waals surface area contributed by atoms with Crippen LogP contribution in [0, 0.1) is 10.1 Å². The molecule has 0 unspecified atom stereocenters. The number of alkyl halides is 2. The molecular weight excluding hydrogens is 358 g/mol. The number of nitro benzene ring substituents is 1. The molecule has 122 valence electrons. The number of sulfone groups is 1. The van der Waals surface area contributed by atoms with E-state index in [2.05, 4.69) is 4.98 Å². The second-order valence-electron chi connectivity index (χ2n) is 4.11. The van der Waals surface area contributed by atoms with Crippen LogP contribution in [0.25, 0.3) is 0 Å². The third-order valence-electron chi connectivity index (χ3n) is 2.62. The normalized spacial score (nSPS) is 11.5. The zero-order valence-electron chi connectivity index (χ0n) is 11.0. The van der Waals surface area contributed by atoms with Crippen molar-refractivity contribution in [3.05, 3.63) is 51.8 Å². The van der Waals surface area contributed by atoms with E-state index < -0.39 is 31.1 Å². The molecule has 0 amide bonds. The Kier molecular flexibility index (Phi) is 4.76. The molecule has 7 nitrogen and oxygen atoms in total. The fourth-order valence-corrected chi connectivity index (χ4v) is 2.41. The third kappa shape index (κ3) is 3.71. The smallest absolute Gasteiger partial charge is 0.341 e. The lowest BCUT2D eigenvalue weighted by molar-refractivity contribution is -0.385. The number of ether oxygens (including phenoxy) is 1. The van der Waals surface area contributed by atoms with E-state index in [0.29, 0.717) is 6.07 Å². The summed E-state index contributed by atoms with van der Waals surface area (Å²) in [7, 11) is -4.95. The van der Waals surface area contributed by atoms with E-state index in [1.807, 2.05) is 0 Å². The van der Waals surface area contributed by atoms with Crippen LogP contribution in [0.2, 0.25) is 5.15 Å². The van der Waals surface area contributed by atoms with Crippen molar-refractivity contribution < 1.29 is 26.9 Å². The molecule has 1 aromatic heterocycles. The van der Waals surface area contributed by atoms with Crippen molar-refractivity contribution in [3.63, 3.8) is 0 Å². The van der Waals surface area contributed by atoms with Crippen molar-refractivity contribution in [2.75, 3.05) is 0 Å². The Morgan fingerprint density at radius 1 is 1.26 bits per heavy atom. The van der Waals surface area contributed by atoms with Crippen molar-refractivity contribution >= 4 is 27.1 Å². The van der Waals surface area contributed by atoms with Gasteiger partial charge in [0.05, 0.1) is 16.0 Å². The van der Waals surface area contributed by atoms with Gasteiger partial charge in [0.15, 0.2) is 0 Å². The summed E-state index contributed by atoms with van der Waals surface area (Å²) in [4.78, 5) is 12.9. The molecular formula is C12H7ClF2N2O5S. The number of hydrogen-bond donors (Lipinski definition) is 0. The molecule has 2 rings (SSSR count). The number of halogens is 3.